The average Bonchev–Trinajstić information content (AvgIpc) is 2.62. The van der Waals surface area contributed by atoms with E-state index in [0.717, 1.165) is 64.0 Å². The largest absolute Gasteiger partial charge is 0.506 e. The summed E-state index contributed by atoms with van der Waals surface area (Å²) >= 11 is 0. The number of ether oxygens (including phenoxy) is 1. The molecule has 0 atom stereocenters. The van der Waals surface area contributed by atoms with Gasteiger partial charge in [-0.05, 0) is 24.5 Å². The maximum atomic E-state index is 10.0. The highest BCUT2D eigenvalue weighted by Gasteiger charge is 2.21. The third kappa shape index (κ3) is 7.19. The van der Waals surface area contributed by atoms with E-state index in [-0.39, 0.29) is 24.0 Å². The van der Waals surface area contributed by atoms with Crippen molar-refractivity contribution >= 4 is 35.6 Å². The Morgan fingerprint density at radius 1 is 1.23 bits per heavy atom. The van der Waals surface area contributed by atoms with Gasteiger partial charge in [0.25, 0.3) is 0 Å². The lowest BCUT2D eigenvalue weighted by atomic mass is 10.2. The van der Waals surface area contributed by atoms with Crippen molar-refractivity contribution in [3.05, 3.63) is 24.3 Å². The number of guanidine groups is 1. The van der Waals surface area contributed by atoms with Gasteiger partial charge in [-0.2, -0.15) is 0 Å². The van der Waals surface area contributed by atoms with E-state index in [1.54, 1.807) is 6.07 Å². The minimum absolute atomic E-state index is 0. The maximum absolute atomic E-state index is 10.0. The van der Waals surface area contributed by atoms with Crippen molar-refractivity contribution in [1.82, 2.24) is 10.2 Å². The van der Waals surface area contributed by atoms with Crippen LogP contribution in [0.1, 0.15) is 20.3 Å². The molecule has 0 bridgehead atoms. The number of aromatic hydroxyl groups is 1. The molecule has 1 aromatic rings. The second-order valence-corrected chi connectivity index (χ2v) is 6.76. The Morgan fingerprint density at radius 2 is 1.92 bits per heavy atom. The molecule has 0 radical (unpaired) electrons. The van der Waals surface area contributed by atoms with Crippen LogP contribution >= 0.6 is 24.0 Å². The van der Waals surface area contributed by atoms with Crippen LogP contribution in [0.5, 0.6) is 5.75 Å². The Balaban J connectivity index is 0.00000338. The van der Waals surface area contributed by atoms with Crippen molar-refractivity contribution in [3.8, 4) is 5.75 Å². The van der Waals surface area contributed by atoms with Gasteiger partial charge in [0.15, 0.2) is 5.96 Å². The summed E-state index contributed by atoms with van der Waals surface area (Å²) in [5.41, 5.74) is 0.910. The van der Waals surface area contributed by atoms with Gasteiger partial charge in [-0.1, -0.05) is 26.0 Å². The molecule has 148 valence electrons. The molecule has 0 saturated carbocycles. The van der Waals surface area contributed by atoms with E-state index in [1.165, 1.54) is 0 Å². The molecule has 0 unspecified atom stereocenters. The molecule has 1 aromatic carbocycles. The molecule has 2 N–H and O–H groups in total. The molecular formula is C19H33IN4O2. The molecule has 0 amide bonds. The summed E-state index contributed by atoms with van der Waals surface area (Å²) in [7, 11) is 1.83. The highest BCUT2D eigenvalue weighted by molar-refractivity contribution is 14.0. The zero-order valence-corrected chi connectivity index (χ0v) is 18.5. The SMILES string of the molecule is CN=C(NCCCOCC(C)C)N1CCN(c2ccccc2O)CC1.I. The normalized spacial score (nSPS) is 15.2. The highest BCUT2D eigenvalue weighted by Crippen LogP contribution is 2.27. The average molecular weight is 476 g/mol. The maximum Gasteiger partial charge on any atom is 0.193 e. The summed E-state index contributed by atoms with van der Waals surface area (Å²) in [5, 5.41) is 13.4. The Labute approximate surface area is 174 Å². The second-order valence-electron chi connectivity index (χ2n) is 6.76. The summed E-state index contributed by atoms with van der Waals surface area (Å²) in [4.78, 5) is 8.89. The Kier molecular flexibility index (Phi) is 10.7. The molecule has 7 heteroatoms. The van der Waals surface area contributed by atoms with Gasteiger partial charge in [0.1, 0.15) is 5.75 Å². The molecule has 0 aromatic heterocycles. The van der Waals surface area contributed by atoms with E-state index >= 15 is 0 Å². The number of hydrogen-bond donors (Lipinski definition) is 2. The lowest BCUT2D eigenvalue weighted by Crippen LogP contribution is -2.52. The van der Waals surface area contributed by atoms with Crippen LogP contribution in [0.3, 0.4) is 0 Å². The van der Waals surface area contributed by atoms with E-state index in [4.69, 9.17) is 4.74 Å². The van der Waals surface area contributed by atoms with Gasteiger partial charge < -0.3 is 25.0 Å². The number of piperazine rings is 1. The first kappa shape index (κ1) is 22.8. The molecule has 1 aliphatic heterocycles. The van der Waals surface area contributed by atoms with Crippen LogP contribution in [-0.4, -0.2) is 69.0 Å². The van der Waals surface area contributed by atoms with Crippen molar-refractivity contribution in [2.45, 2.75) is 20.3 Å². The molecule has 1 heterocycles. The Bertz CT molecular complexity index is 546. The Hall–Kier alpha value is -1.22. The number of rotatable bonds is 7. The van der Waals surface area contributed by atoms with Crippen LogP contribution in [0.15, 0.2) is 29.3 Å². The van der Waals surface area contributed by atoms with Crippen molar-refractivity contribution in [3.63, 3.8) is 0 Å². The van der Waals surface area contributed by atoms with Gasteiger partial charge >= 0.3 is 0 Å². The van der Waals surface area contributed by atoms with Gasteiger partial charge in [-0.15, -0.1) is 24.0 Å². The van der Waals surface area contributed by atoms with Crippen LogP contribution in [0.25, 0.3) is 0 Å². The minimum Gasteiger partial charge on any atom is -0.506 e. The molecule has 26 heavy (non-hydrogen) atoms. The first-order valence-corrected chi connectivity index (χ1v) is 9.18. The van der Waals surface area contributed by atoms with Crippen molar-refractivity contribution in [1.29, 1.82) is 0 Å². The number of hydrogen-bond acceptors (Lipinski definition) is 4. The number of benzene rings is 1. The van der Waals surface area contributed by atoms with Crippen molar-refractivity contribution < 1.29 is 9.84 Å². The van der Waals surface area contributed by atoms with Crippen LogP contribution in [-0.2, 0) is 4.74 Å². The fraction of sp³-hybridized carbons (Fsp3) is 0.632. The molecule has 2 rings (SSSR count). The second kappa shape index (κ2) is 12.2. The highest BCUT2D eigenvalue weighted by atomic mass is 127. The van der Waals surface area contributed by atoms with E-state index in [9.17, 15) is 5.11 Å². The van der Waals surface area contributed by atoms with Gasteiger partial charge in [0.2, 0.25) is 0 Å². The molecule has 1 saturated heterocycles. The van der Waals surface area contributed by atoms with Crippen LogP contribution in [0.4, 0.5) is 5.69 Å². The fourth-order valence-electron chi connectivity index (χ4n) is 2.92. The number of aliphatic imine (C=N–C) groups is 1. The number of nitrogens with zero attached hydrogens (tertiary/aromatic N) is 3. The lowest BCUT2D eigenvalue weighted by molar-refractivity contribution is 0.108. The van der Waals surface area contributed by atoms with E-state index < -0.39 is 0 Å². The summed E-state index contributed by atoms with van der Waals surface area (Å²) in [5.74, 6) is 1.88. The van der Waals surface area contributed by atoms with Crippen molar-refractivity contribution in [2.75, 3.05) is 57.9 Å². The summed E-state index contributed by atoms with van der Waals surface area (Å²) < 4.78 is 5.61. The molecule has 0 aliphatic carbocycles. The third-order valence-corrected chi connectivity index (χ3v) is 4.21. The quantitative estimate of drug-likeness (QED) is 0.274. The Morgan fingerprint density at radius 3 is 2.54 bits per heavy atom. The van der Waals surface area contributed by atoms with Gasteiger partial charge in [-0.25, -0.2) is 0 Å². The standard InChI is InChI=1S/C19H32N4O2.HI/c1-16(2)15-25-14-6-9-21-19(20-3)23-12-10-22(11-13-23)17-7-4-5-8-18(17)24;/h4-5,7-8,16,24H,6,9-15H2,1-3H3,(H,20,21);1H. The minimum atomic E-state index is 0. The van der Waals surface area contributed by atoms with E-state index in [0.29, 0.717) is 11.7 Å². The molecule has 0 spiro atoms. The number of phenolic OH excluding ortho intramolecular Hbond substituents is 1. The lowest BCUT2D eigenvalue weighted by Gasteiger charge is -2.37. The smallest absolute Gasteiger partial charge is 0.193 e. The molecular weight excluding hydrogens is 443 g/mol. The number of halogens is 1. The van der Waals surface area contributed by atoms with E-state index in [1.807, 2.05) is 25.2 Å². The van der Waals surface area contributed by atoms with Crippen molar-refractivity contribution in [2.24, 2.45) is 10.9 Å². The fourth-order valence-corrected chi connectivity index (χ4v) is 2.92. The number of anilines is 1. The summed E-state index contributed by atoms with van der Waals surface area (Å²) in [6.45, 7) is 10.3. The topological polar surface area (TPSA) is 60.3 Å². The zero-order valence-electron chi connectivity index (χ0n) is 16.1. The van der Waals surface area contributed by atoms with Gasteiger partial charge in [0, 0.05) is 53.0 Å². The molecule has 1 fully saturated rings. The van der Waals surface area contributed by atoms with Gasteiger partial charge in [0.05, 0.1) is 5.69 Å². The predicted molar refractivity (Wildman–Crippen MR) is 119 cm³/mol. The van der Waals surface area contributed by atoms with Crippen LogP contribution < -0.4 is 10.2 Å². The monoisotopic (exact) mass is 476 g/mol. The van der Waals surface area contributed by atoms with E-state index in [2.05, 4.69) is 34.0 Å². The zero-order chi connectivity index (χ0) is 18.1. The third-order valence-electron chi connectivity index (χ3n) is 4.21. The summed E-state index contributed by atoms with van der Waals surface area (Å²) in [6, 6.07) is 7.52. The summed E-state index contributed by atoms with van der Waals surface area (Å²) in [6.07, 6.45) is 0.976. The first-order valence-electron chi connectivity index (χ1n) is 9.18. The van der Waals surface area contributed by atoms with Crippen LogP contribution in [0.2, 0.25) is 0 Å². The number of nitrogens with one attached hydrogen (secondary N) is 1. The number of phenols is 1. The predicted octanol–water partition coefficient (Wildman–Crippen LogP) is 2.77. The molecule has 1 aliphatic rings. The number of para-hydroxylation sites is 2. The van der Waals surface area contributed by atoms with Crippen LogP contribution in [0, 0.1) is 5.92 Å². The molecule has 6 nitrogen and oxygen atoms in total. The first-order chi connectivity index (χ1) is 12.1. The van der Waals surface area contributed by atoms with Gasteiger partial charge in [-0.3, -0.25) is 4.99 Å².